The number of rotatable bonds is 12. The third kappa shape index (κ3) is 8.66. The molecule has 0 aromatic rings. The van der Waals surface area contributed by atoms with Crippen LogP contribution < -0.4 is 0 Å². The predicted octanol–water partition coefficient (Wildman–Crippen LogP) is 5.30. The van der Waals surface area contributed by atoms with Gasteiger partial charge in [0.05, 0.1) is 18.3 Å². The van der Waals surface area contributed by atoms with Crippen LogP contribution in [0, 0.1) is 5.92 Å². The van der Waals surface area contributed by atoms with Gasteiger partial charge in [-0.15, -0.1) is 0 Å². The van der Waals surface area contributed by atoms with Crippen molar-refractivity contribution in [2.75, 3.05) is 6.61 Å². The summed E-state index contributed by atoms with van der Waals surface area (Å²) in [5.74, 6) is 0.882. The van der Waals surface area contributed by atoms with Crippen molar-refractivity contribution in [1.82, 2.24) is 0 Å². The highest BCUT2D eigenvalue weighted by Crippen LogP contribution is 2.24. The van der Waals surface area contributed by atoms with Crippen molar-refractivity contribution in [3.05, 3.63) is 12.3 Å². The van der Waals surface area contributed by atoms with Gasteiger partial charge in [-0.3, -0.25) is 4.79 Å². The van der Waals surface area contributed by atoms with Gasteiger partial charge in [0.2, 0.25) is 0 Å². The second kappa shape index (κ2) is 11.7. The van der Waals surface area contributed by atoms with E-state index < -0.39 is 0 Å². The van der Waals surface area contributed by atoms with E-state index >= 15 is 0 Å². The first-order valence-corrected chi connectivity index (χ1v) is 8.79. The maximum absolute atomic E-state index is 12.3. The summed E-state index contributed by atoms with van der Waals surface area (Å²) in [6.45, 7) is 11.1. The van der Waals surface area contributed by atoms with Crippen LogP contribution in [0.1, 0.15) is 65.7 Å². The zero-order valence-corrected chi connectivity index (χ0v) is 14.9. The zero-order chi connectivity index (χ0) is 14.7. The Balaban J connectivity index is 4.35. The summed E-state index contributed by atoms with van der Waals surface area (Å²) in [6, 6.07) is 0. The highest BCUT2D eigenvalue weighted by atomic mass is 127. The molecule has 0 aromatic heterocycles. The molecule has 0 saturated carbocycles. The minimum Gasteiger partial charge on any atom is -0.498 e. The van der Waals surface area contributed by atoms with Gasteiger partial charge in [0.1, 0.15) is 5.78 Å². The molecule has 0 aliphatic rings. The molecule has 0 radical (unpaired) electrons. The van der Waals surface area contributed by atoms with Gasteiger partial charge in [-0.2, -0.15) is 0 Å². The zero-order valence-electron chi connectivity index (χ0n) is 12.7. The summed E-state index contributed by atoms with van der Waals surface area (Å²) in [7, 11) is 0. The van der Waals surface area contributed by atoms with Crippen molar-refractivity contribution in [3.8, 4) is 0 Å². The Hall–Kier alpha value is -0.0600. The van der Waals surface area contributed by atoms with Gasteiger partial charge in [-0.25, -0.2) is 0 Å². The third-order valence-electron chi connectivity index (χ3n) is 3.16. The molecule has 2 unspecified atom stereocenters. The normalized spacial score (nSPS) is 13.9. The lowest BCUT2D eigenvalue weighted by Crippen LogP contribution is -2.21. The highest BCUT2D eigenvalue weighted by Gasteiger charge is 2.23. The molecule has 0 bridgehead atoms. The minimum atomic E-state index is -0.101. The Morgan fingerprint density at radius 1 is 1.16 bits per heavy atom. The van der Waals surface area contributed by atoms with Gasteiger partial charge in [0.25, 0.3) is 0 Å². The van der Waals surface area contributed by atoms with Crippen LogP contribution in [0.25, 0.3) is 0 Å². The van der Waals surface area contributed by atoms with Gasteiger partial charge in [0, 0.05) is 10.3 Å². The van der Waals surface area contributed by atoms with E-state index in [1.807, 2.05) is 0 Å². The number of carbonyl (C=O) groups excluding carboxylic acids is 1. The molecule has 0 aliphatic carbocycles. The number of carbonyl (C=O) groups is 1. The number of Topliss-reactive ketones (excluding diaryl/α,β-unsaturated/α-hetero) is 1. The molecule has 19 heavy (non-hydrogen) atoms. The van der Waals surface area contributed by atoms with Crippen molar-refractivity contribution in [2.24, 2.45) is 5.92 Å². The third-order valence-corrected chi connectivity index (χ3v) is 4.23. The smallest absolute Gasteiger partial charge is 0.144 e. The fraction of sp³-hybridized carbons (Fsp3) is 0.812. The van der Waals surface area contributed by atoms with E-state index in [9.17, 15) is 4.79 Å². The second-order valence-corrected chi connectivity index (χ2v) is 6.83. The summed E-state index contributed by atoms with van der Waals surface area (Å²) in [6.07, 6.45) is 6.87. The highest BCUT2D eigenvalue weighted by molar-refractivity contribution is 14.1. The van der Waals surface area contributed by atoms with Crippen LogP contribution in [0.5, 0.6) is 0 Å². The molecule has 0 saturated heterocycles. The summed E-state index contributed by atoms with van der Waals surface area (Å²) >= 11 is 2.39. The van der Waals surface area contributed by atoms with Crippen LogP contribution >= 0.6 is 22.6 Å². The quantitative estimate of drug-likeness (QED) is 0.199. The molecule has 2 nitrogen and oxygen atoms in total. The number of allylic oxidation sites excluding steroid dienone is 1. The number of hydrogen-bond acceptors (Lipinski definition) is 2. The summed E-state index contributed by atoms with van der Waals surface area (Å²) in [4.78, 5) is 12.3. The average molecular weight is 380 g/mol. The Labute approximate surface area is 132 Å². The molecule has 0 rings (SSSR count). The van der Waals surface area contributed by atoms with Crippen LogP contribution in [0.4, 0.5) is 0 Å². The molecule has 112 valence electrons. The minimum absolute atomic E-state index is 0.101. The number of ketones is 1. The molecule has 0 spiro atoms. The van der Waals surface area contributed by atoms with Crippen molar-refractivity contribution < 1.29 is 9.53 Å². The standard InChI is InChI=1S/C16H29IO2/c1-5-8-11-19-13(4)15(10-7-3)16(18)12-14(17)9-6-2/h14-15H,4-12H2,1-3H3. The second-order valence-electron chi connectivity index (χ2n) is 5.07. The van der Waals surface area contributed by atoms with E-state index in [0.29, 0.717) is 28.5 Å². The van der Waals surface area contributed by atoms with Crippen molar-refractivity contribution in [1.29, 1.82) is 0 Å². The molecule has 0 aliphatic heterocycles. The molecule has 0 N–H and O–H groups in total. The van der Waals surface area contributed by atoms with E-state index in [0.717, 1.165) is 38.5 Å². The topological polar surface area (TPSA) is 26.3 Å². The van der Waals surface area contributed by atoms with Gasteiger partial charge < -0.3 is 4.74 Å². The van der Waals surface area contributed by atoms with E-state index in [1.54, 1.807) is 0 Å². The van der Waals surface area contributed by atoms with Crippen molar-refractivity contribution in [3.63, 3.8) is 0 Å². The summed E-state index contributed by atoms with van der Waals surface area (Å²) in [5.41, 5.74) is 0. The number of halogens is 1. The first-order valence-electron chi connectivity index (χ1n) is 7.55. The molecular weight excluding hydrogens is 351 g/mol. The largest absolute Gasteiger partial charge is 0.498 e. The Morgan fingerprint density at radius 3 is 2.32 bits per heavy atom. The van der Waals surface area contributed by atoms with E-state index in [-0.39, 0.29) is 5.92 Å². The molecular formula is C16H29IO2. The Bertz CT molecular complexity index is 263. The van der Waals surface area contributed by atoms with Crippen molar-refractivity contribution >= 4 is 28.4 Å². The van der Waals surface area contributed by atoms with Crippen molar-refractivity contribution in [2.45, 2.75) is 69.6 Å². The summed E-state index contributed by atoms with van der Waals surface area (Å²) < 4.78 is 6.08. The number of alkyl halides is 1. The van der Waals surface area contributed by atoms with Crippen LogP contribution in [-0.2, 0) is 9.53 Å². The lowest BCUT2D eigenvalue weighted by Gasteiger charge is -2.20. The maximum atomic E-state index is 12.3. The Kier molecular flexibility index (Phi) is 11.7. The van der Waals surface area contributed by atoms with Crippen LogP contribution in [0.3, 0.4) is 0 Å². The SMILES string of the molecule is C=C(OCCCC)C(CCC)C(=O)CC(I)CCC. The lowest BCUT2D eigenvalue weighted by atomic mass is 9.93. The van der Waals surface area contributed by atoms with Gasteiger partial charge >= 0.3 is 0 Å². The summed E-state index contributed by atoms with van der Waals surface area (Å²) in [5, 5.41) is 0. The number of ether oxygens (including phenoxy) is 1. The fourth-order valence-corrected chi connectivity index (χ4v) is 3.07. The number of unbranched alkanes of at least 4 members (excludes halogenated alkanes) is 1. The maximum Gasteiger partial charge on any atom is 0.144 e. The molecule has 3 heteroatoms. The lowest BCUT2D eigenvalue weighted by molar-refractivity contribution is -0.123. The van der Waals surface area contributed by atoms with Gasteiger partial charge in [0.15, 0.2) is 0 Å². The fourth-order valence-electron chi connectivity index (χ4n) is 2.01. The predicted molar refractivity (Wildman–Crippen MR) is 90.7 cm³/mol. The monoisotopic (exact) mass is 380 g/mol. The van der Waals surface area contributed by atoms with Gasteiger partial charge in [-0.1, -0.05) is 69.2 Å². The molecule has 0 aromatic carbocycles. The van der Waals surface area contributed by atoms with Crippen LogP contribution in [-0.4, -0.2) is 16.3 Å². The Morgan fingerprint density at radius 2 is 1.79 bits per heavy atom. The molecule has 2 atom stereocenters. The van der Waals surface area contributed by atoms with Gasteiger partial charge in [-0.05, 0) is 19.3 Å². The first kappa shape index (κ1) is 18.9. The van der Waals surface area contributed by atoms with Crippen LogP contribution in [0.2, 0.25) is 0 Å². The molecule has 0 heterocycles. The van der Waals surface area contributed by atoms with E-state index in [1.165, 1.54) is 0 Å². The van der Waals surface area contributed by atoms with E-state index in [2.05, 4.69) is 49.9 Å². The average Bonchev–Trinajstić information content (AvgIpc) is 2.36. The molecule has 0 amide bonds. The van der Waals surface area contributed by atoms with E-state index in [4.69, 9.17) is 4.74 Å². The first-order chi connectivity index (χ1) is 9.06. The molecule has 0 fully saturated rings. The van der Waals surface area contributed by atoms with Crippen LogP contribution in [0.15, 0.2) is 12.3 Å². The number of hydrogen-bond donors (Lipinski definition) is 0.